The summed E-state index contributed by atoms with van der Waals surface area (Å²) in [5, 5.41) is 2.66. The number of amides is 1. The number of carbonyl (C=O) groups excluding carboxylic acids is 2. The van der Waals surface area contributed by atoms with Gasteiger partial charge in [-0.05, 0) is 25.7 Å². The fourth-order valence-electron chi connectivity index (χ4n) is 1.85. The van der Waals surface area contributed by atoms with E-state index in [0.29, 0.717) is 32.3 Å². The van der Waals surface area contributed by atoms with E-state index in [1.807, 2.05) is 0 Å². The van der Waals surface area contributed by atoms with Crippen LogP contribution in [0.15, 0.2) is 0 Å². The molecule has 1 aliphatic heterocycles. The molecular formula is C13H19NO4. The largest absolute Gasteiger partial charge is 0.467 e. The molecule has 1 saturated heterocycles. The van der Waals surface area contributed by atoms with Gasteiger partial charge in [0.25, 0.3) is 0 Å². The van der Waals surface area contributed by atoms with Crippen LogP contribution >= 0.6 is 0 Å². The number of unbranched alkanes of at least 4 members (excludes halogenated alkanes) is 1. The zero-order valence-electron chi connectivity index (χ0n) is 10.6. The van der Waals surface area contributed by atoms with Crippen molar-refractivity contribution in [1.82, 2.24) is 5.32 Å². The van der Waals surface area contributed by atoms with E-state index in [9.17, 15) is 9.59 Å². The van der Waals surface area contributed by atoms with Gasteiger partial charge in [-0.3, -0.25) is 4.79 Å². The summed E-state index contributed by atoms with van der Waals surface area (Å²) >= 11 is 0. The first-order valence-corrected chi connectivity index (χ1v) is 6.12. The van der Waals surface area contributed by atoms with Crippen LogP contribution in [0.3, 0.4) is 0 Å². The highest BCUT2D eigenvalue weighted by atomic mass is 16.5. The number of esters is 1. The molecule has 0 aliphatic carbocycles. The van der Waals surface area contributed by atoms with Gasteiger partial charge in [0.1, 0.15) is 12.1 Å². The fraction of sp³-hybridized carbons (Fsp3) is 0.692. The van der Waals surface area contributed by atoms with Crippen molar-refractivity contribution >= 4 is 11.9 Å². The Morgan fingerprint density at radius 1 is 1.61 bits per heavy atom. The van der Waals surface area contributed by atoms with Gasteiger partial charge in [0.05, 0.1) is 7.11 Å². The van der Waals surface area contributed by atoms with Crippen LogP contribution in [0.1, 0.15) is 32.1 Å². The molecule has 18 heavy (non-hydrogen) atoms. The van der Waals surface area contributed by atoms with E-state index in [0.717, 1.165) is 6.42 Å². The molecule has 100 valence electrons. The zero-order chi connectivity index (χ0) is 13.4. The average molecular weight is 253 g/mol. The molecule has 5 heteroatoms. The Labute approximate surface area is 107 Å². The quantitative estimate of drug-likeness (QED) is 0.428. The molecule has 2 atom stereocenters. The van der Waals surface area contributed by atoms with E-state index in [1.165, 1.54) is 7.11 Å². The molecule has 1 N–H and O–H groups in total. The summed E-state index contributed by atoms with van der Waals surface area (Å²) in [6.07, 6.45) is 8.01. The Morgan fingerprint density at radius 3 is 2.94 bits per heavy atom. The molecule has 0 bridgehead atoms. The van der Waals surface area contributed by atoms with Crippen molar-refractivity contribution in [3.05, 3.63) is 0 Å². The maximum atomic E-state index is 11.8. The van der Waals surface area contributed by atoms with Gasteiger partial charge in [0, 0.05) is 13.0 Å². The second-order valence-electron chi connectivity index (χ2n) is 4.18. The Bertz CT molecular complexity index is 328. The lowest BCUT2D eigenvalue weighted by molar-refractivity contribution is -0.146. The minimum atomic E-state index is -0.639. The number of carbonyl (C=O) groups is 2. The number of hydrogen-bond acceptors (Lipinski definition) is 4. The maximum absolute atomic E-state index is 11.8. The van der Waals surface area contributed by atoms with Crippen molar-refractivity contribution < 1.29 is 19.1 Å². The maximum Gasteiger partial charge on any atom is 0.328 e. The lowest BCUT2D eigenvalue weighted by atomic mass is 10.1. The highest BCUT2D eigenvalue weighted by Crippen LogP contribution is 2.13. The SMILES string of the molecule is C#CCCC[C@@H](NC(=O)[C@@H]1CCCO1)C(=O)OC. The zero-order valence-corrected chi connectivity index (χ0v) is 10.6. The summed E-state index contributed by atoms with van der Waals surface area (Å²) in [7, 11) is 1.30. The Kier molecular flexibility index (Phi) is 6.23. The lowest BCUT2D eigenvalue weighted by Crippen LogP contribution is -2.45. The minimum Gasteiger partial charge on any atom is -0.467 e. The van der Waals surface area contributed by atoms with E-state index in [-0.39, 0.29) is 5.91 Å². The van der Waals surface area contributed by atoms with E-state index >= 15 is 0 Å². The van der Waals surface area contributed by atoms with Crippen LogP contribution in [-0.4, -0.2) is 37.7 Å². The molecule has 1 fully saturated rings. The molecule has 0 spiro atoms. The van der Waals surface area contributed by atoms with Gasteiger partial charge in [0.2, 0.25) is 5.91 Å². The van der Waals surface area contributed by atoms with Gasteiger partial charge in [-0.2, -0.15) is 0 Å². The first-order chi connectivity index (χ1) is 8.69. The molecule has 0 aromatic rings. The molecule has 1 amide bonds. The predicted octanol–water partition coefficient (Wildman–Crippen LogP) is 0.627. The van der Waals surface area contributed by atoms with Gasteiger partial charge in [-0.25, -0.2) is 4.79 Å². The molecule has 0 aromatic heterocycles. The van der Waals surface area contributed by atoms with Crippen LogP contribution in [0.2, 0.25) is 0 Å². The van der Waals surface area contributed by atoms with Crippen molar-refractivity contribution in [2.75, 3.05) is 13.7 Å². The van der Waals surface area contributed by atoms with Crippen LogP contribution in [0, 0.1) is 12.3 Å². The Morgan fingerprint density at radius 2 is 2.39 bits per heavy atom. The third-order valence-corrected chi connectivity index (χ3v) is 2.84. The molecule has 1 rings (SSSR count). The topological polar surface area (TPSA) is 64.6 Å². The molecule has 0 radical (unpaired) electrons. The van der Waals surface area contributed by atoms with Crippen LogP contribution in [0.25, 0.3) is 0 Å². The molecule has 1 aliphatic rings. The van der Waals surface area contributed by atoms with Crippen molar-refractivity contribution in [2.45, 2.75) is 44.2 Å². The first-order valence-electron chi connectivity index (χ1n) is 6.12. The average Bonchev–Trinajstić information content (AvgIpc) is 2.90. The lowest BCUT2D eigenvalue weighted by Gasteiger charge is -2.18. The highest BCUT2D eigenvalue weighted by molar-refractivity contribution is 5.87. The van der Waals surface area contributed by atoms with Crippen molar-refractivity contribution in [2.24, 2.45) is 0 Å². The first kappa shape index (κ1) is 14.5. The number of terminal acetylenes is 1. The van der Waals surface area contributed by atoms with Gasteiger partial charge in [-0.1, -0.05) is 0 Å². The molecule has 5 nitrogen and oxygen atoms in total. The third kappa shape index (κ3) is 4.38. The van der Waals surface area contributed by atoms with E-state index < -0.39 is 18.1 Å². The van der Waals surface area contributed by atoms with Crippen LogP contribution in [0.4, 0.5) is 0 Å². The van der Waals surface area contributed by atoms with E-state index in [1.54, 1.807) is 0 Å². The molecular weight excluding hydrogens is 234 g/mol. The standard InChI is InChI=1S/C13H19NO4/c1-3-4-5-7-10(13(16)17-2)14-12(15)11-8-6-9-18-11/h1,10-11H,4-9H2,2H3,(H,14,15)/t10-,11+/m1/s1. The van der Waals surface area contributed by atoms with Crippen molar-refractivity contribution in [3.8, 4) is 12.3 Å². The fourth-order valence-corrected chi connectivity index (χ4v) is 1.85. The predicted molar refractivity (Wildman–Crippen MR) is 65.6 cm³/mol. The summed E-state index contributed by atoms with van der Waals surface area (Å²) in [4.78, 5) is 23.4. The summed E-state index contributed by atoms with van der Waals surface area (Å²) in [5.41, 5.74) is 0. The molecule has 0 saturated carbocycles. The van der Waals surface area contributed by atoms with Crippen molar-refractivity contribution in [3.63, 3.8) is 0 Å². The van der Waals surface area contributed by atoms with Crippen LogP contribution in [0.5, 0.6) is 0 Å². The van der Waals surface area contributed by atoms with Gasteiger partial charge in [0.15, 0.2) is 0 Å². The Hall–Kier alpha value is -1.54. The van der Waals surface area contributed by atoms with Crippen LogP contribution in [-0.2, 0) is 19.1 Å². The smallest absolute Gasteiger partial charge is 0.328 e. The summed E-state index contributed by atoms with van der Waals surface area (Å²) in [5.74, 6) is 1.81. The summed E-state index contributed by atoms with van der Waals surface area (Å²) in [6.45, 7) is 0.595. The summed E-state index contributed by atoms with van der Waals surface area (Å²) < 4.78 is 9.92. The number of hydrogen-bond donors (Lipinski definition) is 1. The molecule has 1 heterocycles. The minimum absolute atomic E-state index is 0.247. The number of ether oxygens (including phenoxy) is 2. The van der Waals surface area contributed by atoms with E-state index in [2.05, 4.69) is 16.0 Å². The molecule has 0 unspecified atom stereocenters. The summed E-state index contributed by atoms with van der Waals surface area (Å²) in [6, 6.07) is -0.639. The van der Waals surface area contributed by atoms with Gasteiger partial charge < -0.3 is 14.8 Å². The second kappa shape index (κ2) is 7.72. The number of nitrogens with one attached hydrogen (secondary N) is 1. The molecule has 0 aromatic carbocycles. The van der Waals surface area contributed by atoms with Crippen LogP contribution < -0.4 is 5.32 Å². The second-order valence-corrected chi connectivity index (χ2v) is 4.18. The van der Waals surface area contributed by atoms with Crippen molar-refractivity contribution in [1.29, 1.82) is 0 Å². The highest BCUT2D eigenvalue weighted by Gasteiger charge is 2.28. The van der Waals surface area contributed by atoms with Gasteiger partial charge >= 0.3 is 5.97 Å². The van der Waals surface area contributed by atoms with Gasteiger partial charge in [-0.15, -0.1) is 12.3 Å². The van der Waals surface area contributed by atoms with E-state index in [4.69, 9.17) is 11.2 Å². The monoisotopic (exact) mass is 253 g/mol. The third-order valence-electron chi connectivity index (χ3n) is 2.84. The Balaban J connectivity index is 2.46. The normalized spacial score (nSPS) is 19.9. The number of methoxy groups -OCH3 is 1. The number of rotatable bonds is 6.